The van der Waals surface area contributed by atoms with Crippen LogP contribution in [0.1, 0.15) is 11.3 Å². The van der Waals surface area contributed by atoms with E-state index in [2.05, 4.69) is 11.6 Å². The molecule has 2 rings (SSSR count). The third kappa shape index (κ3) is 1.76. The smallest absolute Gasteiger partial charge is 0.0948 e. The fraction of sp³-hybridized carbons (Fsp3) is 0.0833. The summed E-state index contributed by atoms with van der Waals surface area (Å²) >= 11 is 0. The molecular weight excluding hydrogens is 186 g/mol. The molecule has 76 valence electrons. The summed E-state index contributed by atoms with van der Waals surface area (Å²) in [5, 5.41) is 0. The Kier molecular flexibility index (Phi) is 2.29. The number of rotatable bonds is 2. The minimum absolute atomic E-state index is 0.761. The number of nitrogen functional groups attached to an aromatic ring is 1. The summed E-state index contributed by atoms with van der Waals surface area (Å²) in [7, 11) is 1.95. The first-order valence-electron chi connectivity index (χ1n) is 4.70. The molecule has 0 atom stereocenters. The van der Waals surface area contributed by atoms with Gasteiger partial charge in [-0.2, -0.15) is 0 Å². The van der Waals surface area contributed by atoms with E-state index < -0.39 is 0 Å². The lowest BCUT2D eigenvalue weighted by molar-refractivity contribution is 0.898. The van der Waals surface area contributed by atoms with Crippen LogP contribution in [0.25, 0.3) is 5.57 Å². The predicted octanol–water partition coefficient (Wildman–Crippen LogP) is 2.06. The fourth-order valence-corrected chi connectivity index (χ4v) is 1.48. The standard InChI is InChI=1S/C12H13N3/c1-9(12-7-14-8-15(12)2)10-3-5-11(13)6-4-10/h3-8H,1,13H2,2H3. The van der Waals surface area contributed by atoms with Gasteiger partial charge >= 0.3 is 0 Å². The quantitative estimate of drug-likeness (QED) is 0.752. The van der Waals surface area contributed by atoms with Crippen LogP contribution < -0.4 is 5.73 Å². The highest BCUT2D eigenvalue weighted by atomic mass is 15.0. The Balaban J connectivity index is 2.37. The summed E-state index contributed by atoms with van der Waals surface area (Å²) in [6, 6.07) is 7.67. The average molecular weight is 199 g/mol. The van der Waals surface area contributed by atoms with Gasteiger partial charge in [-0.1, -0.05) is 18.7 Å². The summed E-state index contributed by atoms with van der Waals surface area (Å²) < 4.78 is 1.94. The highest BCUT2D eigenvalue weighted by Gasteiger charge is 2.05. The van der Waals surface area contributed by atoms with Crippen LogP contribution >= 0.6 is 0 Å². The molecule has 0 amide bonds. The van der Waals surface area contributed by atoms with Crippen molar-refractivity contribution in [1.29, 1.82) is 0 Å². The Morgan fingerprint density at radius 1 is 1.33 bits per heavy atom. The van der Waals surface area contributed by atoms with Crippen LogP contribution in [-0.4, -0.2) is 9.55 Å². The summed E-state index contributed by atoms with van der Waals surface area (Å²) in [5.41, 5.74) is 9.42. The van der Waals surface area contributed by atoms with Gasteiger partial charge < -0.3 is 10.3 Å². The molecule has 0 saturated carbocycles. The van der Waals surface area contributed by atoms with Gasteiger partial charge in [0.25, 0.3) is 0 Å². The maximum Gasteiger partial charge on any atom is 0.0948 e. The highest BCUT2D eigenvalue weighted by Crippen LogP contribution is 2.21. The SMILES string of the molecule is C=C(c1ccc(N)cc1)c1cncn1C. The Morgan fingerprint density at radius 2 is 2.00 bits per heavy atom. The van der Waals surface area contributed by atoms with Crippen molar-refractivity contribution in [3.63, 3.8) is 0 Å². The highest BCUT2D eigenvalue weighted by molar-refractivity contribution is 5.76. The van der Waals surface area contributed by atoms with Crippen LogP contribution in [0.3, 0.4) is 0 Å². The van der Waals surface area contributed by atoms with Crippen molar-refractivity contribution in [2.24, 2.45) is 7.05 Å². The topological polar surface area (TPSA) is 43.8 Å². The van der Waals surface area contributed by atoms with Gasteiger partial charge in [0, 0.05) is 12.7 Å². The summed E-state index contributed by atoms with van der Waals surface area (Å²) in [6.45, 7) is 4.06. The first kappa shape index (κ1) is 9.52. The minimum Gasteiger partial charge on any atom is -0.399 e. The van der Waals surface area contributed by atoms with Crippen LogP contribution in [0.4, 0.5) is 5.69 Å². The molecule has 0 aliphatic heterocycles. The Labute approximate surface area is 88.9 Å². The molecular formula is C12H13N3. The van der Waals surface area contributed by atoms with E-state index in [1.807, 2.05) is 35.9 Å². The van der Waals surface area contributed by atoms with Crippen LogP contribution in [0, 0.1) is 0 Å². The van der Waals surface area contributed by atoms with E-state index in [0.717, 1.165) is 22.5 Å². The summed E-state index contributed by atoms with van der Waals surface area (Å²) in [4.78, 5) is 4.06. The van der Waals surface area contributed by atoms with Crippen molar-refractivity contribution in [3.8, 4) is 0 Å². The number of hydrogen-bond acceptors (Lipinski definition) is 2. The number of nitrogens with zero attached hydrogens (tertiary/aromatic N) is 2. The number of aryl methyl sites for hydroxylation is 1. The van der Waals surface area contributed by atoms with Gasteiger partial charge in [0.2, 0.25) is 0 Å². The second-order valence-corrected chi connectivity index (χ2v) is 3.49. The van der Waals surface area contributed by atoms with E-state index >= 15 is 0 Å². The van der Waals surface area contributed by atoms with Crippen molar-refractivity contribution in [2.75, 3.05) is 5.73 Å². The number of hydrogen-bond donors (Lipinski definition) is 1. The number of aromatic nitrogens is 2. The fourth-order valence-electron chi connectivity index (χ4n) is 1.48. The normalized spacial score (nSPS) is 10.2. The number of nitrogens with two attached hydrogens (primary N) is 1. The lowest BCUT2D eigenvalue weighted by atomic mass is 10.0. The first-order valence-corrected chi connectivity index (χ1v) is 4.70. The van der Waals surface area contributed by atoms with Gasteiger partial charge in [-0.15, -0.1) is 0 Å². The van der Waals surface area contributed by atoms with E-state index in [4.69, 9.17) is 5.73 Å². The molecule has 3 nitrogen and oxygen atoms in total. The van der Waals surface area contributed by atoms with Crippen molar-refractivity contribution in [3.05, 3.63) is 54.6 Å². The molecule has 2 N–H and O–H groups in total. The largest absolute Gasteiger partial charge is 0.399 e. The Hall–Kier alpha value is -2.03. The zero-order chi connectivity index (χ0) is 10.8. The van der Waals surface area contributed by atoms with Crippen molar-refractivity contribution in [1.82, 2.24) is 9.55 Å². The van der Waals surface area contributed by atoms with Crippen LogP contribution in [0.5, 0.6) is 0 Å². The van der Waals surface area contributed by atoms with E-state index in [1.54, 1.807) is 12.5 Å². The third-order valence-electron chi connectivity index (χ3n) is 2.39. The molecule has 1 aromatic heterocycles. The monoisotopic (exact) mass is 199 g/mol. The molecule has 0 aliphatic rings. The van der Waals surface area contributed by atoms with Gasteiger partial charge in [0.05, 0.1) is 18.2 Å². The maximum absolute atomic E-state index is 5.63. The molecule has 0 unspecified atom stereocenters. The molecule has 0 bridgehead atoms. The minimum atomic E-state index is 0.761. The van der Waals surface area contributed by atoms with Gasteiger partial charge in [-0.3, -0.25) is 0 Å². The molecule has 0 spiro atoms. The second-order valence-electron chi connectivity index (χ2n) is 3.49. The van der Waals surface area contributed by atoms with Gasteiger partial charge in [0.15, 0.2) is 0 Å². The van der Waals surface area contributed by atoms with Crippen molar-refractivity contribution in [2.45, 2.75) is 0 Å². The molecule has 1 aromatic carbocycles. The van der Waals surface area contributed by atoms with E-state index in [-0.39, 0.29) is 0 Å². The molecule has 0 radical (unpaired) electrons. The molecule has 0 aliphatic carbocycles. The zero-order valence-corrected chi connectivity index (χ0v) is 8.64. The van der Waals surface area contributed by atoms with Crippen molar-refractivity contribution < 1.29 is 0 Å². The predicted molar refractivity (Wildman–Crippen MR) is 62.2 cm³/mol. The summed E-state index contributed by atoms with van der Waals surface area (Å²) in [5.74, 6) is 0. The number of imidazole rings is 1. The third-order valence-corrected chi connectivity index (χ3v) is 2.39. The Morgan fingerprint density at radius 3 is 2.53 bits per heavy atom. The molecule has 2 aromatic rings. The molecule has 15 heavy (non-hydrogen) atoms. The average Bonchev–Trinajstić information content (AvgIpc) is 2.65. The molecule has 0 saturated heterocycles. The van der Waals surface area contributed by atoms with Crippen LogP contribution in [0.15, 0.2) is 43.4 Å². The zero-order valence-electron chi connectivity index (χ0n) is 8.64. The van der Waals surface area contributed by atoms with Gasteiger partial charge in [-0.25, -0.2) is 4.98 Å². The molecule has 3 heteroatoms. The van der Waals surface area contributed by atoms with E-state index in [1.165, 1.54) is 0 Å². The van der Waals surface area contributed by atoms with Crippen molar-refractivity contribution >= 4 is 11.3 Å². The van der Waals surface area contributed by atoms with E-state index in [9.17, 15) is 0 Å². The van der Waals surface area contributed by atoms with Gasteiger partial charge in [-0.05, 0) is 23.3 Å². The number of benzene rings is 1. The summed E-state index contributed by atoms with van der Waals surface area (Å²) in [6.07, 6.45) is 3.57. The second kappa shape index (κ2) is 3.61. The lowest BCUT2D eigenvalue weighted by Gasteiger charge is -2.06. The Bertz CT molecular complexity index is 480. The molecule has 0 fully saturated rings. The molecule has 1 heterocycles. The first-order chi connectivity index (χ1) is 7.18. The van der Waals surface area contributed by atoms with E-state index in [0.29, 0.717) is 0 Å². The van der Waals surface area contributed by atoms with Crippen LogP contribution in [-0.2, 0) is 7.05 Å². The van der Waals surface area contributed by atoms with Gasteiger partial charge in [0.1, 0.15) is 0 Å². The number of anilines is 1. The maximum atomic E-state index is 5.63. The van der Waals surface area contributed by atoms with Crippen LogP contribution in [0.2, 0.25) is 0 Å². The lowest BCUT2D eigenvalue weighted by Crippen LogP contribution is -1.95.